The SMILES string of the molecule is C/C=C\CC(C)c1cc(Cl)c(C)cc1OC. The molecule has 1 nitrogen and oxygen atoms in total. The number of aryl methyl sites for hydroxylation is 1. The number of ether oxygens (including phenoxy) is 1. The summed E-state index contributed by atoms with van der Waals surface area (Å²) in [7, 11) is 1.70. The van der Waals surface area contributed by atoms with E-state index in [-0.39, 0.29) is 0 Å². The lowest BCUT2D eigenvalue weighted by molar-refractivity contribution is 0.406. The second kappa shape index (κ2) is 5.95. The van der Waals surface area contributed by atoms with Gasteiger partial charge in [-0.25, -0.2) is 0 Å². The topological polar surface area (TPSA) is 9.23 Å². The molecule has 1 rings (SSSR count). The molecule has 1 atom stereocenters. The van der Waals surface area contributed by atoms with Gasteiger partial charge in [-0.1, -0.05) is 30.7 Å². The van der Waals surface area contributed by atoms with Crippen LogP contribution >= 0.6 is 11.6 Å². The van der Waals surface area contributed by atoms with E-state index in [9.17, 15) is 0 Å². The fraction of sp³-hybridized carbons (Fsp3) is 0.429. The summed E-state index contributed by atoms with van der Waals surface area (Å²) >= 11 is 6.15. The third kappa shape index (κ3) is 3.02. The Morgan fingerprint density at radius 3 is 2.69 bits per heavy atom. The van der Waals surface area contributed by atoms with Crippen LogP contribution in [0.5, 0.6) is 5.75 Å². The highest BCUT2D eigenvalue weighted by molar-refractivity contribution is 6.31. The molecule has 0 radical (unpaired) electrons. The second-order valence-electron chi connectivity index (χ2n) is 4.05. The third-order valence-electron chi connectivity index (χ3n) is 2.77. The van der Waals surface area contributed by atoms with Crippen molar-refractivity contribution in [2.24, 2.45) is 0 Å². The van der Waals surface area contributed by atoms with Gasteiger partial charge in [0.15, 0.2) is 0 Å². The minimum absolute atomic E-state index is 0.421. The number of methoxy groups -OCH3 is 1. The van der Waals surface area contributed by atoms with Gasteiger partial charge in [0.2, 0.25) is 0 Å². The number of benzene rings is 1. The highest BCUT2D eigenvalue weighted by Crippen LogP contribution is 2.33. The maximum atomic E-state index is 6.15. The summed E-state index contributed by atoms with van der Waals surface area (Å²) in [6.45, 7) is 6.21. The van der Waals surface area contributed by atoms with Crippen molar-refractivity contribution in [3.8, 4) is 5.75 Å². The summed E-state index contributed by atoms with van der Waals surface area (Å²) in [4.78, 5) is 0. The lowest BCUT2D eigenvalue weighted by Gasteiger charge is -2.15. The zero-order valence-electron chi connectivity index (χ0n) is 10.4. The fourth-order valence-electron chi connectivity index (χ4n) is 1.70. The quantitative estimate of drug-likeness (QED) is 0.690. The first kappa shape index (κ1) is 13.1. The minimum Gasteiger partial charge on any atom is -0.496 e. The Balaban J connectivity index is 3.05. The average molecular weight is 239 g/mol. The van der Waals surface area contributed by atoms with Crippen molar-refractivity contribution in [3.05, 3.63) is 40.4 Å². The highest BCUT2D eigenvalue weighted by Gasteiger charge is 2.12. The molecular weight excluding hydrogens is 220 g/mol. The van der Waals surface area contributed by atoms with Gasteiger partial charge in [0.1, 0.15) is 5.75 Å². The summed E-state index contributed by atoms with van der Waals surface area (Å²) in [5.74, 6) is 1.35. The van der Waals surface area contributed by atoms with E-state index in [4.69, 9.17) is 16.3 Å². The van der Waals surface area contributed by atoms with Gasteiger partial charge in [0.25, 0.3) is 0 Å². The van der Waals surface area contributed by atoms with Gasteiger partial charge in [-0.3, -0.25) is 0 Å². The van der Waals surface area contributed by atoms with E-state index in [2.05, 4.69) is 19.1 Å². The van der Waals surface area contributed by atoms with Crippen LogP contribution in [0, 0.1) is 6.92 Å². The lowest BCUT2D eigenvalue weighted by atomic mass is 9.95. The Kier molecular flexibility index (Phi) is 4.88. The fourth-order valence-corrected chi connectivity index (χ4v) is 1.87. The van der Waals surface area contributed by atoms with Crippen molar-refractivity contribution in [2.75, 3.05) is 7.11 Å². The van der Waals surface area contributed by atoms with Crippen molar-refractivity contribution >= 4 is 11.6 Å². The average Bonchev–Trinajstić information content (AvgIpc) is 2.28. The molecule has 1 unspecified atom stereocenters. The van der Waals surface area contributed by atoms with Crippen LogP contribution in [0.25, 0.3) is 0 Å². The molecule has 88 valence electrons. The monoisotopic (exact) mass is 238 g/mol. The molecule has 0 aliphatic carbocycles. The van der Waals surface area contributed by atoms with Crippen molar-refractivity contribution < 1.29 is 4.74 Å². The van der Waals surface area contributed by atoms with Crippen molar-refractivity contribution in [1.82, 2.24) is 0 Å². The third-order valence-corrected chi connectivity index (χ3v) is 3.17. The van der Waals surface area contributed by atoms with Crippen molar-refractivity contribution in [2.45, 2.75) is 33.1 Å². The van der Waals surface area contributed by atoms with Gasteiger partial charge in [-0.2, -0.15) is 0 Å². The largest absolute Gasteiger partial charge is 0.496 e. The Morgan fingerprint density at radius 2 is 2.12 bits per heavy atom. The van der Waals surface area contributed by atoms with E-state index in [0.29, 0.717) is 5.92 Å². The first-order valence-corrected chi connectivity index (χ1v) is 5.93. The molecule has 1 aromatic carbocycles. The van der Waals surface area contributed by atoms with Crippen molar-refractivity contribution in [3.63, 3.8) is 0 Å². The Hall–Kier alpha value is -0.950. The van der Waals surface area contributed by atoms with Gasteiger partial charge >= 0.3 is 0 Å². The summed E-state index contributed by atoms with van der Waals surface area (Å²) in [6.07, 6.45) is 5.24. The Bertz CT molecular complexity index is 383. The highest BCUT2D eigenvalue weighted by atomic mass is 35.5. The van der Waals surface area contributed by atoms with Crippen LogP contribution in [0.3, 0.4) is 0 Å². The maximum Gasteiger partial charge on any atom is 0.122 e. The first-order valence-electron chi connectivity index (χ1n) is 5.55. The van der Waals surface area contributed by atoms with E-state index in [1.165, 1.54) is 5.56 Å². The van der Waals surface area contributed by atoms with Gasteiger partial charge in [0.05, 0.1) is 7.11 Å². The Labute approximate surface area is 103 Å². The van der Waals surface area contributed by atoms with Crippen LogP contribution in [-0.4, -0.2) is 7.11 Å². The molecule has 0 bridgehead atoms. The van der Waals surface area contributed by atoms with Crippen LogP contribution in [0.15, 0.2) is 24.3 Å². The maximum absolute atomic E-state index is 6.15. The number of allylic oxidation sites excluding steroid dienone is 2. The molecule has 16 heavy (non-hydrogen) atoms. The molecule has 0 fully saturated rings. The molecule has 0 N–H and O–H groups in total. The summed E-state index contributed by atoms with van der Waals surface area (Å²) in [5, 5.41) is 0.808. The van der Waals surface area contributed by atoms with Crippen LogP contribution in [0.2, 0.25) is 5.02 Å². The van der Waals surface area contributed by atoms with Gasteiger partial charge in [0, 0.05) is 5.02 Å². The predicted octanol–water partition coefficient (Wildman–Crippen LogP) is 4.73. The molecule has 0 aliphatic heterocycles. The number of hydrogen-bond acceptors (Lipinski definition) is 1. The Morgan fingerprint density at radius 1 is 1.44 bits per heavy atom. The normalized spacial score (nSPS) is 13.1. The molecule has 0 aromatic heterocycles. The zero-order valence-corrected chi connectivity index (χ0v) is 11.1. The van der Waals surface area contributed by atoms with Gasteiger partial charge < -0.3 is 4.74 Å². The van der Waals surface area contributed by atoms with E-state index in [0.717, 1.165) is 22.8 Å². The van der Waals surface area contributed by atoms with E-state index in [1.54, 1.807) is 7.11 Å². The molecule has 0 amide bonds. The van der Waals surface area contributed by atoms with Gasteiger partial charge in [-0.05, 0) is 49.4 Å². The number of hydrogen-bond donors (Lipinski definition) is 0. The van der Waals surface area contributed by atoms with Crippen LogP contribution in [0.1, 0.15) is 37.3 Å². The van der Waals surface area contributed by atoms with Gasteiger partial charge in [-0.15, -0.1) is 0 Å². The van der Waals surface area contributed by atoms with E-state index >= 15 is 0 Å². The molecule has 2 heteroatoms. The number of halogens is 1. The molecule has 0 spiro atoms. The predicted molar refractivity (Wildman–Crippen MR) is 70.6 cm³/mol. The minimum atomic E-state index is 0.421. The molecule has 0 saturated heterocycles. The first-order chi connectivity index (χ1) is 7.60. The second-order valence-corrected chi connectivity index (χ2v) is 4.46. The molecule has 0 aliphatic rings. The lowest BCUT2D eigenvalue weighted by Crippen LogP contribution is -1.98. The summed E-state index contributed by atoms with van der Waals surface area (Å²) in [6, 6.07) is 4.02. The summed E-state index contributed by atoms with van der Waals surface area (Å²) < 4.78 is 5.40. The van der Waals surface area contributed by atoms with Crippen LogP contribution in [-0.2, 0) is 0 Å². The smallest absolute Gasteiger partial charge is 0.122 e. The molecule has 0 heterocycles. The molecular formula is C14H19ClO. The number of rotatable bonds is 4. The van der Waals surface area contributed by atoms with Crippen LogP contribution in [0.4, 0.5) is 0 Å². The summed E-state index contributed by atoms with van der Waals surface area (Å²) in [5.41, 5.74) is 2.23. The van der Waals surface area contributed by atoms with E-state index in [1.807, 2.05) is 26.0 Å². The molecule has 0 saturated carbocycles. The van der Waals surface area contributed by atoms with Crippen LogP contribution < -0.4 is 4.74 Å². The standard InChI is InChI=1S/C14H19ClO/c1-5-6-7-10(2)12-9-13(15)11(3)8-14(12)16-4/h5-6,8-10H,7H2,1-4H3/b6-5-. The zero-order chi connectivity index (χ0) is 12.1. The molecule has 1 aromatic rings. The van der Waals surface area contributed by atoms with E-state index < -0.39 is 0 Å². The van der Waals surface area contributed by atoms with Crippen molar-refractivity contribution in [1.29, 1.82) is 0 Å².